The molecule has 1 N–H and O–H groups in total. The Kier molecular flexibility index (Phi) is 8.09. The second kappa shape index (κ2) is 10.1. The van der Waals surface area contributed by atoms with Crippen molar-refractivity contribution in [3.8, 4) is 0 Å². The average Bonchev–Trinajstić information content (AvgIpc) is 2.68. The molecular weight excluding hydrogens is 436 g/mol. The van der Waals surface area contributed by atoms with Crippen LogP contribution in [0.1, 0.15) is 17.3 Å². The molecule has 0 aliphatic heterocycles. The molecule has 10 heteroatoms. The first-order chi connectivity index (χ1) is 13.7. The molecule has 2 aromatic carbocycles. The summed E-state index contributed by atoms with van der Waals surface area (Å²) in [4.78, 5) is 25.1. The Morgan fingerprint density at radius 2 is 1.83 bits per heavy atom. The van der Waals surface area contributed by atoms with Gasteiger partial charge >= 0.3 is 5.97 Å². The number of amides is 1. The van der Waals surface area contributed by atoms with Crippen LogP contribution in [0, 0.1) is 0 Å². The maximum absolute atomic E-state index is 12.6. The van der Waals surface area contributed by atoms with Gasteiger partial charge in [0.15, 0.2) is 0 Å². The van der Waals surface area contributed by atoms with E-state index in [1.807, 2.05) is 6.26 Å². The number of carbonyl (C=O) groups is 2. The number of halogens is 1. The van der Waals surface area contributed by atoms with E-state index >= 15 is 0 Å². The van der Waals surface area contributed by atoms with Crippen LogP contribution in [0.15, 0.2) is 52.3 Å². The van der Waals surface area contributed by atoms with Crippen molar-refractivity contribution in [2.45, 2.75) is 16.7 Å². The highest BCUT2D eigenvalue weighted by molar-refractivity contribution is 7.98. The van der Waals surface area contributed by atoms with Crippen LogP contribution in [0.3, 0.4) is 0 Å². The zero-order chi connectivity index (χ0) is 21.6. The van der Waals surface area contributed by atoms with Gasteiger partial charge in [-0.1, -0.05) is 11.6 Å². The number of thioether (sulfide) groups is 1. The maximum atomic E-state index is 12.6. The topological polar surface area (TPSA) is 92.8 Å². The normalized spacial score (nSPS) is 11.3. The molecule has 2 rings (SSSR count). The zero-order valence-electron chi connectivity index (χ0n) is 16.1. The van der Waals surface area contributed by atoms with Crippen molar-refractivity contribution < 1.29 is 22.7 Å². The molecule has 7 nitrogen and oxygen atoms in total. The van der Waals surface area contributed by atoms with Crippen LogP contribution in [0.2, 0.25) is 5.02 Å². The minimum Gasteiger partial charge on any atom is -0.462 e. The number of likely N-dealkylation sites (N-methyl/N-ethyl adjacent to an activating group) is 1. The molecule has 1 amide bonds. The summed E-state index contributed by atoms with van der Waals surface area (Å²) in [6.07, 6.45) is 1.89. The van der Waals surface area contributed by atoms with Gasteiger partial charge in [0.05, 0.1) is 28.6 Å². The van der Waals surface area contributed by atoms with Crippen LogP contribution in [-0.4, -0.2) is 51.1 Å². The molecule has 0 aliphatic rings. The van der Waals surface area contributed by atoms with E-state index < -0.39 is 21.9 Å². The lowest BCUT2D eigenvalue weighted by molar-refractivity contribution is -0.116. The Balaban J connectivity index is 2.05. The van der Waals surface area contributed by atoms with Crippen molar-refractivity contribution in [2.75, 3.05) is 31.8 Å². The van der Waals surface area contributed by atoms with Crippen molar-refractivity contribution in [1.82, 2.24) is 4.31 Å². The molecule has 0 radical (unpaired) electrons. The number of nitrogens with zero attached hydrogens (tertiary/aromatic N) is 1. The molecule has 0 heterocycles. The molecule has 0 aromatic heterocycles. The van der Waals surface area contributed by atoms with E-state index in [4.69, 9.17) is 16.3 Å². The summed E-state index contributed by atoms with van der Waals surface area (Å²) in [7, 11) is -2.48. The van der Waals surface area contributed by atoms with Crippen molar-refractivity contribution in [3.05, 3.63) is 53.1 Å². The minimum absolute atomic E-state index is 0.104. The predicted molar refractivity (Wildman–Crippen MR) is 114 cm³/mol. The Morgan fingerprint density at radius 1 is 1.17 bits per heavy atom. The Hall–Kier alpha value is -2.07. The van der Waals surface area contributed by atoms with Crippen LogP contribution in [0.4, 0.5) is 5.69 Å². The summed E-state index contributed by atoms with van der Waals surface area (Å²) in [5, 5.41) is 2.69. The van der Waals surface area contributed by atoms with Gasteiger partial charge in [0.2, 0.25) is 15.9 Å². The fraction of sp³-hybridized carbons (Fsp3) is 0.263. The van der Waals surface area contributed by atoms with Crippen LogP contribution in [0.5, 0.6) is 0 Å². The molecule has 0 spiro atoms. The van der Waals surface area contributed by atoms with Crippen LogP contribution >= 0.6 is 23.4 Å². The third-order valence-electron chi connectivity index (χ3n) is 3.88. The van der Waals surface area contributed by atoms with Crippen LogP contribution < -0.4 is 5.32 Å². The Labute approximate surface area is 179 Å². The van der Waals surface area contributed by atoms with E-state index in [1.54, 1.807) is 19.1 Å². The van der Waals surface area contributed by atoms with Crippen molar-refractivity contribution >= 4 is 50.9 Å². The lowest BCUT2D eigenvalue weighted by Gasteiger charge is -2.17. The molecule has 0 saturated carbocycles. The predicted octanol–water partition coefficient (Wildman–Crippen LogP) is 3.50. The van der Waals surface area contributed by atoms with Gasteiger partial charge in [-0.15, -0.1) is 11.8 Å². The third kappa shape index (κ3) is 5.96. The number of anilines is 1. The first-order valence-electron chi connectivity index (χ1n) is 8.56. The second-order valence-electron chi connectivity index (χ2n) is 5.90. The first-order valence-corrected chi connectivity index (χ1v) is 11.6. The standard InChI is InChI=1S/C19H21ClN2O5S2/c1-4-27-19(24)16-10-5-13(11-17(16)20)21-18(23)12-22(2)29(25,26)15-8-6-14(28-3)7-9-15/h5-11H,4,12H2,1-3H3,(H,21,23). The quantitative estimate of drug-likeness (QED) is 0.482. The Bertz CT molecular complexity index is 994. The number of sulfonamides is 1. The van der Waals surface area contributed by atoms with Gasteiger partial charge in [-0.05, 0) is 55.6 Å². The smallest absolute Gasteiger partial charge is 0.339 e. The van der Waals surface area contributed by atoms with Gasteiger partial charge in [-0.2, -0.15) is 4.31 Å². The number of rotatable bonds is 8. The molecule has 0 fully saturated rings. The van der Waals surface area contributed by atoms with E-state index in [9.17, 15) is 18.0 Å². The molecule has 0 unspecified atom stereocenters. The third-order valence-corrected chi connectivity index (χ3v) is 6.76. The van der Waals surface area contributed by atoms with Gasteiger partial charge in [-0.3, -0.25) is 4.79 Å². The molecule has 0 aliphatic carbocycles. The fourth-order valence-electron chi connectivity index (χ4n) is 2.38. The number of nitrogens with one attached hydrogen (secondary N) is 1. The number of hydrogen-bond acceptors (Lipinski definition) is 6. The summed E-state index contributed by atoms with van der Waals surface area (Å²) in [5.41, 5.74) is 0.517. The fourth-order valence-corrected chi connectivity index (χ4v) is 4.18. The summed E-state index contributed by atoms with van der Waals surface area (Å²) in [6.45, 7) is 1.51. The summed E-state index contributed by atoms with van der Waals surface area (Å²) in [6, 6.07) is 10.8. The number of esters is 1. The number of hydrogen-bond donors (Lipinski definition) is 1. The highest BCUT2D eigenvalue weighted by atomic mass is 35.5. The van der Waals surface area contributed by atoms with Crippen molar-refractivity contribution in [1.29, 1.82) is 0 Å². The van der Waals surface area contributed by atoms with Crippen molar-refractivity contribution in [3.63, 3.8) is 0 Å². The van der Waals surface area contributed by atoms with Gasteiger partial charge < -0.3 is 10.1 Å². The first kappa shape index (κ1) is 23.2. The number of benzene rings is 2. The van der Waals surface area contributed by atoms with Gasteiger partial charge in [0.25, 0.3) is 0 Å². The van der Waals surface area contributed by atoms with E-state index in [1.165, 1.54) is 49.1 Å². The lowest BCUT2D eigenvalue weighted by Crippen LogP contribution is -2.35. The van der Waals surface area contributed by atoms with Gasteiger partial charge in [0.1, 0.15) is 0 Å². The SMILES string of the molecule is CCOC(=O)c1ccc(NC(=O)CN(C)S(=O)(=O)c2ccc(SC)cc2)cc1Cl. The largest absolute Gasteiger partial charge is 0.462 e. The maximum Gasteiger partial charge on any atom is 0.339 e. The van der Waals surface area contributed by atoms with Gasteiger partial charge in [0, 0.05) is 17.6 Å². The zero-order valence-corrected chi connectivity index (χ0v) is 18.5. The summed E-state index contributed by atoms with van der Waals surface area (Å²) < 4.78 is 31.1. The molecule has 2 aromatic rings. The van der Waals surface area contributed by atoms with E-state index in [0.29, 0.717) is 5.69 Å². The molecule has 29 heavy (non-hydrogen) atoms. The highest BCUT2D eigenvalue weighted by Crippen LogP contribution is 2.23. The minimum atomic E-state index is -3.81. The lowest BCUT2D eigenvalue weighted by atomic mass is 10.2. The van der Waals surface area contributed by atoms with Crippen LogP contribution in [0.25, 0.3) is 0 Å². The van der Waals surface area contributed by atoms with E-state index in [0.717, 1.165) is 9.20 Å². The summed E-state index contributed by atoms with van der Waals surface area (Å²) >= 11 is 7.57. The molecular formula is C19H21ClN2O5S2. The van der Waals surface area contributed by atoms with E-state index in [-0.39, 0.29) is 28.6 Å². The van der Waals surface area contributed by atoms with E-state index in [2.05, 4.69) is 5.32 Å². The van der Waals surface area contributed by atoms with Crippen molar-refractivity contribution in [2.24, 2.45) is 0 Å². The monoisotopic (exact) mass is 456 g/mol. The number of ether oxygens (including phenoxy) is 1. The molecule has 0 bridgehead atoms. The molecule has 0 atom stereocenters. The highest BCUT2D eigenvalue weighted by Gasteiger charge is 2.23. The molecule has 156 valence electrons. The Morgan fingerprint density at radius 3 is 2.38 bits per heavy atom. The number of carbonyl (C=O) groups excluding carboxylic acids is 2. The average molecular weight is 457 g/mol. The van der Waals surface area contributed by atoms with Gasteiger partial charge in [-0.25, -0.2) is 13.2 Å². The molecule has 0 saturated heterocycles. The van der Waals surface area contributed by atoms with Crippen LogP contribution in [-0.2, 0) is 19.6 Å². The second-order valence-corrected chi connectivity index (χ2v) is 9.23. The summed E-state index contributed by atoms with van der Waals surface area (Å²) in [5.74, 6) is -1.11.